The maximum absolute atomic E-state index is 12.8. The summed E-state index contributed by atoms with van der Waals surface area (Å²) in [5.41, 5.74) is 12.0. The number of methoxy groups -OCH3 is 2. The Bertz CT molecular complexity index is 1270. The van der Waals surface area contributed by atoms with Gasteiger partial charge in [0.2, 0.25) is 5.96 Å². The van der Waals surface area contributed by atoms with Crippen LogP contribution in [0.3, 0.4) is 0 Å². The normalized spacial score (nSPS) is 10.3. The number of thiocarbonyl (C=S) groups is 2. The largest absolute Gasteiger partial charge is 0.497 e. The maximum Gasteiger partial charge on any atom is 0.285 e. The minimum atomic E-state index is -4.06. The lowest BCUT2D eigenvalue weighted by Gasteiger charge is -2.17. The first kappa shape index (κ1) is 27.4. The molecule has 0 saturated carbocycles. The van der Waals surface area contributed by atoms with Crippen molar-refractivity contribution in [1.29, 1.82) is 0 Å². The number of hydrogen-bond acceptors (Lipinski definition) is 6. The van der Waals surface area contributed by atoms with Gasteiger partial charge in [-0.2, -0.15) is 8.42 Å². The Kier molecular flexibility index (Phi) is 9.83. The fourth-order valence-corrected chi connectivity index (χ4v) is 4.02. The van der Waals surface area contributed by atoms with Crippen molar-refractivity contribution < 1.29 is 17.9 Å². The topological polar surface area (TPSA) is 137 Å². The highest BCUT2D eigenvalue weighted by Gasteiger charge is 2.15. The average Bonchev–Trinajstić information content (AvgIpc) is 2.91. The number of rotatable bonds is 6. The lowest BCUT2D eigenvalue weighted by atomic mass is 10.3. The third-order valence-electron chi connectivity index (χ3n) is 4.54. The molecule has 0 aromatic heterocycles. The fraction of sp³-hybridized carbons (Fsp3) is 0.0870. The van der Waals surface area contributed by atoms with Gasteiger partial charge in [-0.15, -0.1) is 4.40 Å². The van der Waals surface area contributed by atoms with E-state index >= 15 is 0 Å². The van der Waals surface area contributed by atoms with Gasteiger partial charge in [-0.05, 0) is 85.1 Å². The van der Waals surface area contributed by atoms with Gasteiger partial charge in [0.05, 0.1) is 19.1 Å². The summed E-state index contributed by atoms with van der Waals surface area (Å²) in [6, 6.07) is 21.9. The molecule has 0 fully saturated rings. The van der Waals surface area contributed by atoms with E-state index in [9.17, 15) is 8.42 Å². The molecule has 0 unspecified atom stereocenters. The van der Waals surface area contributed by atoms with E-state index in [1.54, 1.807) is 80.9 Å². The van der Waals surface area contributed by atoms with Crippen molar-refractivity contribution >= 4 is 62.0 Å². The highest BCUT2D eigenvalue weighted by Crippen LogP contribution is 2.16. The molecule has 0 aliphatic carbocycles. The third kappa shape index (κ3) is 8.79. The van der Waals surface area contributed by atoms with Crippen LogP contribution in [0, 0.1) is 0 Å². The Morgan fingerprint density at radius 2 is 1.11 bits per heavy atom. The summed E-state index contributed by atoms with van der Waals surface area (Å²) in [5.74, 6) is 1.16. The van der Waals surface area contributed by atoms with Crippen LogP contribution in [-0.4, -0.2) is 38.8 Å². The van der Waals surface area contributed by atoms with Crippen molar-refractivity contribution in [3.05, 3.63) is 78.9 Å². The zero-order chi connectivity index (χ0) is 26.7. The first-order chi connectivity index (χ1) is 17.8. The van der Waals surface area contributed by atoms with Gasteiger partial charge in [0.1, 0.15) is 11.5 Å². The highest BCUT2D eigenvalue weighted by molar-refractivity contribution is 7.90. The molecule has 0 saturated heterocycles. The second-order valence-electron chi connectivity index (χ2n) is 7.09. The number of hydrogen-bond donors (Lipinski definition) is 6. The van der Waals surface area contributed by atoms with Gasteiger partial charge in [-0.1, -0.05) is 18.2 Å². The third-order valence-corrected chi connectivity index (χ3v) is 6.24. The molecule has 0 aliphatic heterocycles. The Morgan fingerprint density at radius 1 is 0.676 bits per heavy atom. The highest BCUT2D eigenvalue weighted by atomic mass is 32.2. The quantitative estimate of drug-likeness (QED) is 0.115. The predicted molar refractivity (Wildman–Crippen MR) is 152 cm³/mol. The van der Waals surface area contributed by atoms with Crippen molar-refractivity contribution in [1.82, 2.24) is 21.7 Å². The fourth-order valence-electron chi connectivity index (χ4n) is 2.75. The Labute approximate surface area is 225 Å². The van der Waals surface area contributed by atoms with Gasteiger partial charge >= 0.3 is 0 Å². The molecule has 0 amide bonds. The van der Waals surface area contributed by atoms with E-state index in [0.717, 1.165) is 0 Å². The van der Waals surface area contributed by atoms with Crippen LogP contribution >= 0.6 is 24.4 Å². The smallest absolute Gasteiger partial charge is 0.285 e. The standard InChI is InChI=1S/C23H25N7O4S3/c1-33-18-12-8-16(9-13-18)24-22(35)28-26-21(30-37(31,32)20-6-4-3-5-7-20)27-29-23(36)25-17-10-14-19(34-2)15-11-17/h3-15H,1-2H3,(H2,24,28,35)(H2,25,29,36)(H2,26,27,30). The van der Waals surface area contributed by atoms with Gasteiger partial charge in [0.15, 0.2) is 10.2 Å². The molecule has 0 heterocycles. The second kappa shape index (κ2) is 13.2. The van der Waals surface area contributed by atoms with E-state index in [1.807, 2.05) is 0 Å². The molecule has 3 aromatic carbocycles. The van der Waals surface area contributed by atoms with E-state index in [4.69, 9.17) is 33.9 Å². The summed E-state index contributed by atoms with van der Waals surface area (Å²) < 4.78 is 39.7. The van der Waals surface area contributed by atoms with Crippen LogP contribution in [0.1, 0.15) is 0 Å². The van der Waals surface area contributed by atoms with Crippen LogP contribution in [0.2, 0.25) is 0 Å². The number of ether oxygens (including phenoxy) is 2. The van der Waals surface area contributed by atoms with Gasteiger partial charge in [0, 0.05) is 11.4 Å². The van der Waals surface area contributed by atoms with E-state index in [-0.39, 0.29) is 21.1 Å². The van der Waals surface area contributed by atoms with Gasteiger partial charge in [-0.3, -0.25) is 21.7 Å². The number of anilines is 2. The number of guanidine groups is 1. The lowest BCUT2D eigenvalue weighted by molar-refractivity contribution is 0.415. The van der Waals surface area contributed by atoms with Gasteiger partial charge in [0.25, 0.3) is 10.0 Å². The summed E-state index contributed by atoms with van der Waals surface area (Å²) in [6.45, 7) is 0. The SMILES string of the molecule is COc1ccc(NC(=S)NNC(=NS(=O)(=O)c2ccccc2)NNC(=S)Nc2ccc(OC)cc2)cc1. The average molecular weight is 560 g/mol. The molecular formula is C23H25N7O4S3. The molecule has 3 rings (SSSR count). The zero-order valence-electron chi connectivity index (χ0n) is 19.8. The predicted octanol–water partition coefficient (Wildman–Crippen LogP) is 2.73. The first-order valence-electron chi connectivity index (χ1n) is 10.6. The summed E-state index contributed by atoms with van der Waals surface area (Å²) in [6.07, 6.45) is 0. The Balaban J connectivity index is 1.67. The van der Waals surface area contributed by atoms with E-state index in [0.29, 0.717) is 22.9 Å². The molecule has 37 heavy (non-hydrogen) atoms. The van der Waals surface area contributed by atoms with Crippen molar-refractivity contribution in [2.75, 3.05) is 24.9 Å². The summed E-state index contributed by atoms with van der Waals surface area (Å²) in [4.78, 5) is 0.00830. The minimum absolute atomic E-state index is 0.00830. The van der Waals surface area contributed by atoms with Crippen molar-refractivity contribution in [2.45, 2.75) is 4.90 Å². The van der Waals surface area contributed by atoms with Crippen LogP contribution < -0.4 is 41.8 Å². The molecule has 3 aromatic rings. The Hall–Kier alpha value is -4.14. The first-order valence-corrected chi connectivity index (χ1v) is 12.9. The number of hydrazine groups is 2. The maximum atomic E-state index is 12.8. The summed E-state index contributed by atoms with van der Waals surface area (Å²) in [7, 11) is -0.918. The molecule has 0 aliphatic rings. The Morgan fingerprint density at radius 3 is 1.51 bits per heavy atom. The number of nitrogens with one attached hydrogen (secondary N) is 6. The van der Waals surface area contributed by atoms with Crippen molar-refractivity contribution in [2.24, 2.45) is 4.40 Å². The van der Waals surface area contributed by atoms with Crippen LogP contribution in [-0.2, 0) is 10.0 Å². The van der Waals surface area contributed by atoms with Crippen molar-refractivity contribution in [3.8, 4) is 11.5 Å². The molecular weight excluding hydrogens is 534 g/mol. The monoisotopic (exact) mass is 559 g/mol. The number of sulfonamides is 1. The minimum Gasteiger partial charge on any atom is -0.497 e. The van der Waals surface area contributed by atoms with E-state index in [2.05, 4.69) is 36.7 Å². The zero-order valence-corrected chi connectivity index (χ0v) is 22.3. The van der Waals surface area contributed by atoms with Crippen molar-refractivity contribution in [3.63, 3.8) is 0 Å². The molecule has 14 heteroatoms. The van der Waals surface area contributed by atoms with Gasteiger partial charge in [-0.25, -0.2) is 0 Å². The molecule has 0 radical (unpaired) electrons. The van der Waals surface area contributed by atoms with E-state index < -0.39 is 10.0 Å². The molecule has 0 atom stereocenters. The summed E-state index contributed by atoms with van der Waals surface area (Å²) >= 11 is 10.6. The number of benzene rings is 3. The van der Waals surface area contributed by atoms with Crippen LogP contribution in [0.5, 0.6) is 11.5 Å². The molecule has 194 valence electrons. The van der Waals surface area contributed by atoms with Crippen LogP contribution in [0.25, 0.3) is 0 Å². The lowest BCUT2D eigenvalue weighted by Crippen LogP contribution is -2.55. The summed E-state index contributed by atoms with van der Waals surface area (Å²) in [5, 5.41) is 6.20. The van der Waals surface area contributed by atoms with E-state index in [1.165, 1.54) is 12.1 Å². The van der Waals surface area contributed by atoms with Gasteiger partial charge < -0.3 is 20.1 Å². The molecule has 6 N–H and O–H groups in total. The van der Waals surface area contributed by atoms with Crippen LogP contribution in [0.4, 0.5) is 11.4 Å². The molecule has 0 bridgehead atoms. The second-order valence-corrected chi connectivity index (χ2v) is 9.51. The van der Waals surface area contributed by atoms with Crippen LogP contribution in [0.15, 0.2) is 88.2 Å². The molecule has 0 spiro atoms. The molecule has 11 nitrogen and oxygen atoms in total. The number of nitrogens with zero attached hydrogens (tertiary/aromatic N) is 1.